The van der Waals surface area contributed by atoms with Crippen molar-refractivity contribution in [3.63, 3.8) is 0 Å². The molecule has 0 heterocycles. The fourth-order valence-corrected chi connectivity index (χ4v) is 2.02. The van der Waals surface area contributed by atoms with E-state index in [4.69, 9.17) is 5.73 Å². The van der Waals surface area contributed by atoms with Gasteiger partial charge in [-0.05, 0) is 17.2 Å². The minimum atomic E-state index is -1.36. The van der Waals surface area contributed by atoms with Crippen LogP contribution in [0.4, 0.5) is 8.78 Å². The molecule has 2 rings (SSSR count). The second kappa shape index (κ2) is 5.47. The predicted molar refractivity (Wildman–Crippen MR) is 69.5 cm³/mol. The zero-order valence-corrected chi connectivity index (χ0v) is 10.3. The quantitative estimate of drug-likeness (QED) is 0.889. The maximum Gasteiger partial charge on any atom is 0.129 e. The van der Waals surface area contributed by atoms with E-state index in [1.54, 1.807) is 24.3 Å². The summed E-state index contributed by atoms with van der Waals surface area (Å²) in [5.41, 5.74) is 5.11. The summed E-state index contributed by atoms with van der Waals surface area (Å²) in [6.07, 6.45) is -0.000370. The van der Waals surface area contributed by atoms with Gasteiger partial charge in [0.15, 0.2) is 0 Å². The molecule has 0 spiro atoms. The number of benzene rings is 2. The van der Waals surface area contributed by atoms with Crippen molar-refractivity contribution in [3.05, 3.63) is 71.3 Å². The molecule has 1 atom stereocenters. The molecular formula is C15H15F2NO. The van der Waals surface area contributed by atoms with Crippen molar-refractivity contribution in [3.8, 4) is 0 Å². The molecule has 100 valence electrons. The number of rotatable bonds is 4. The Morgan fingerprint density at radius 1 is 1.05 bits per heavy atom. The minimum Gasteiger partial charge on any atom is -0.383 e. The fourth-order valence-electron chi connectivity index (χ4n) is 2.02. The van der Waals surface area contributed by atoms with Gasteiger partial charge in [-0.2, -0.15) is 0 Å². The lowest BCUT2D eigenvalue weighted by Crippen LogP contribution is -2.37. The van der Waals surface area contributed by atoms with Crippen LogP contribution in [0.2, 0.25) is 0 Å². The first kappa shape index (κ1) is 13.6. The van der Waals surface area contributed by atoms with Gasteiger partial charge in [0.05, 0.1) is 0 Å². The smallest absolute Gasteiger partial charge is 0.129 e. The van der Waals surface area contributed by atoms with E-state index in [9.17, 15) is 13.9 Å². The van der Waals surface area contributed by atoms with E-state index < -0.39 is 17.2 Å². The second-order valence-corrected chi connectivity index (χ2v) is 4.51. The average molecular weight is 263 g/mol. The molecule has 0 fully saturated rings. The zero-order chi connectivity index (χ0) is 13.9. The minimum absolute atomic E-state index is 0.000370. The number of hydrogen-bond donors (Lipinski definition) is 2. The molecule has 2 nitrogen and oxygen atoms in total. The van der Waals surface area contributed by atoms with E-state index in [2.05, 4.69) is 0 Å². The molecule has 0 aliphatic carbocycles. The summed E-state index contributed by atoms with van der Waals surface area (Å²) in [6.45, 7) is -0.0478. The van der Waals surface area contributed by atoms with Crippen LogP contribution in [0.5, 0.6) is 0 Å². The fraction of sp³-hybridized carbons (Fsp3) is 0.200. The van der Waals surface area contributed by atoms with Crippen LogP contribution in [0.1, 0.15) is 11.1 Å². The predicted octanol–water partition coefficient (Wildman–Crippen LogP) is 2.35. The molecule has 3 N–H and O–H groups in total. The Morgan fingerprint density at radius 2 is 1.74 bits per heavy atom. The van der Waals surface area contributed by atoms with E-state index in [0.717, 1.165) is 6.07 Å². The summed E-state index contributed by atoms with van der Waals surface area (Å²) < 4.78 is 26.5. The standard InChI is InChI=1S/C15H15F2NO/c16-13-7-6-11(14(17)8-13)9-15(19,10-18)12-4-2-1-3-5-12/h1-8,19H,9-10,18H2. The first-order valence-corrected chi connectivity index (χ1v) is 5.97. The molecule has 0 radical (unpaired) electrons. The SMILES string of the molecule is NCC(O)(Cc1ccc(F)cc1F)c1ccccc1. The van der Waals surface area contributed by atoms with Crippen LogP contribution >= 0.6 is 0 Å². The lowest BCUT2D eigenvalue weighted by atomic mass is 9.87. The van der Waals surface area contributed by atoms with Gasteiger partial charge in [-0.1, -0.05) is 36.4 Å². The Hall–Kier alpha value is -1.78. The van der Waals surface area contributed by atoms with Crippen LogP contribution in [0, 0.1) is 11.6 Å². The molecule has 2 aromatic carbocycles. The summed E-state index contributed by atoms with van der Waals surface area (Å²) in [5, 5.41) is 10.6. The summed E-state index contributed by atoms with van der Waals surface area (Å²) in [7, 11) is 0. The zero-order valence-electron chi connectivity index (χ0n) is 10.3. The summed E-state index contributed by atoms with van der Waals surface area (Å²) in [4.78, 5) is 0. The van der Waals surface area contributed by atoms with Gasteiger partial charge in [-0.25, -0.2) is 8.78 Å². The Labute approximate surface area is 110 Å². The van der Waals surface area contributed by atoms with Gasteiger partial charge in [-0.3, -0.25) is 0 Å². The molecule has 0 amide bonds. The monoisotopic (exact) mass is 263 g/mol. The summed E-state index contributed by atoms with van der Waals surface area (Å²) >= 11 is 0. The number of halogens is 2. The summed E-state index contributed by atoms with van der Waals surface area (Å²) in [5.74, 6) is -1.32. The Balaban J connectivity index is 2.33. The molecule has 4 heteroatoms. The number of hydrogen-bond acceptors (Lipinski definition) is 2. The van der Waals surface area contributed by atoms with Gasteiger partial charge in [0, 0.05) is 19.0 Å². The van der Waals surface area contributed by atoms with Crippen LogP contribution in [0.25, 0.3) is 0 Å². The van der Waals surface area contributed by atoms with Gasteiger partial charge < -0.3 is 10.8 Å². The molecule has 0 saturated carbocycles. The van der Waals surface area contributed by atoms with Crippen LogP contribution in [-0.2, 0) is 12.0 Å². The van der Waals surface area contributed by atoms with Crippen LogP contribution in [-0.4, -0.2) is 11.7 Å². The van der Waals surface area contributed by atoms with Gasteiger partial charge >= 0.3 is 0 Å². The Morgan fingerprint density at radius 3 is 2.32 bits per heavy atom. The van der Waals surface area contributed by atoms with Crippen molar-refractivity contribution < 1.29 is 13.9 Å². The van der Waals surface area contributed by atoms with Crippen LogP contribution < -0.4 is 5.73 Å². The van der Waals surface area contributed by atoms with Gasteiger partial charge in [-0.15, -0.1) is 0 Å². The molecule has 0 bridgehead atoms. The highest BCUT2D eigenvalue weighted by molar-refractivity contribution is 5.28. The van der Waals surface area contributed by atoms with Crippen molar-refractivity contribution in [2.45, 2.75) is 12.0 Å². The van der Waals surface area contributed by atoms with E-state index >= 15 is 0 Å². The molecule has 1 unspecified atom stereocenters. The third-order valence-electron chi connectivity index (χ3n) is 3.15. The highest BCUT2D eigenvalue weighted by Crippen LogP contribution is 2.26. The maximum absolute atomic E-state index is 13.6. The highest BCUT2D eigenvalue weighted by atomic mass is 19.1. The second-order valence-electron chi connectivity index (χ2n) is 4.51. The lowest BCUT2D eigenvalue weighted by Gasteiger charge is -2.27. The molecule has 2 aromatic rings. The lowest BCUT2D eigenvalue weighted by molar-refractivity contribution is 0.0454. The van der Waals surface area contributed by atoms with E-state index in [0.29, 0.717) is 5.56 Å². The molecular weight excluding hydrogens is 248 g/mol. The van der Waals surface area contributed by atoms with Crippen molar-refractivity contribution >= 4 is 0 Å². The van der Waals surface area contributed by atoms with Gasteiger partial charge in [0.2, 0.25) is 0 Å². The van der Waals surface area contributed by atoms with Crippen molar-refractivity contribution in [2.75, 3.05) is 6.54 Å². The maximum atomic E-state index is 13.6. The molecule has 0 aliphatic rings. The first-order chi connectivity index (χ1) is 9.05. The molecule has 0 aliphatic heterocycles. The highest BCUT2D eigenvalue weighted by Gasteiger charge is 2.29. The Bertz CT molecular complexity index is 559. The Kier molecular flexibility index (Phi) is 3.93. The van der Waals surface area contributed by atoms with Crippen molar-refractivity contribution in [1.29, 1.82) is 0 Å². The van der Waals surface area contributed by atoms with Crippen molar-refractivity contribution in [1.82, 2.24) is 0 Å². The largest absolute Gasteiger partial charge is 0.383 e. The normalized spacial score (nSPS) is 14.1. The average Bonchev–Trinajstić information content (AvgIpc) is 2.43. The van der Waals surface area contributed by atoms with E-state index in [-0.39, 0.29) is 18.5 Å². The number of nitrogens with two attached hydrogens (primary N) is 1. The topological polar surface area (TPSA) is 46.2 Å². The van der Waals surface area contributed by atoms with Crippen molar-refractivity contribution in [2.24, 2.45) is 5.73 Å². The third kappa shape index (κ3) is 2.97. The van der Waals surface area contributed by atoms with Gasteiger partial charge in [0.1, 0.15) is 17.2 Å². The third-order valence-corrected chi connectivity index (χ3v) is 3.15. The first-order valence-electron chi connectivity index (χ1n) is 5.97. The number of aliphatic hydroxyl groups is 1. The van der Waals surface area contributed by atoms with Crippen LogP contribution in [0.15, 0.2) is 48.5 Å². The van der Waals surface area contributed by atoms with E-state index in [1.165, 1.54) is 12.1 Å². The van der Waals surface area contributed by atoms with E-state index in [1.807, 2.05) is 6.07 Å². The molecule has 0 aromatic heterocycles. The summed E-state index contributed by atoms with van der Waals surface area (Å²) in [6, 6.07) is 12.1. The van der Waals surface area contributed by atoms with Gasteiger partial charge in [0.25, 0.3) is 0 Å². The van der Waals surface area contributed by atoms with Crippen LogP contribution in [0.3, 0.4) is 0 Å². The molecule has 0 saturated heterocycles. The molecule has 19 heavy (non-hydrogen) atoms.